The molecule has 0 aromatic rings. The van der Waals surface area contributed by atoms with Crippen molar-refractivity contribution in [2.45, 2.75) is 12.5 Å². The van der Waals surface area contributed by atoms with Crippen LogP contribution in [0, 0.1) is 0 Å². The number of carbonyl (C=O) groups excluding carboxylic acids is 2. The molecule has 1 heterocycles. The van der Waals surface area contributed by atoms with Gasteiger partial charge in [0.2, 0.25) is 0 Å². The lowest BCUT2D eigenvalue weighted by atomic mass is 9.99. The summed E-state index contributed by atoms with van der Waals surface area (Å²) in [6.07, 6.45) is 4.54. The minimum absolute atomic E-state index is 0.0156. The van der Waals surface area contributed by atoms with Crippen molar-refractivity contribution in [2.75, 3.05) is 0 Å². The standard InChI is InChI=1S/C8H6O3/c9-6-2-1-5-3-8(10)11-7(5)4-6/h1-3,7H,4H2/t7-/m1/s1. The van der Waals surface area contributed by atoms with E-state index in [9.17, 15) is 9.59 Å². The first kappa shape index (κ1) is 6.34. The number of rotatable bonds is 0. The Morgan fingerprint density at radius 1 is 1.36 bits per heavy atom. The van der Waals surface area contributed by atoms with Gasteiger partial charge in [0, 0.05) is 11.6 Å². The molecule has 1 atom stereocenters. The molecule has 2 rings (SSSR count). The van der Waals surface area contributed by atoms with E-state index >= 15 is 0 Å². The number of ether oxygens (including phenoxy) is 1. The van der Waals surface area contributed by atoms with Crippen molar-refractivity contribution < 1.29 is 14.3 Å². The van der Waals surface area contributed by atoms with E-state index in [2.05, 4.69) is 0 Å². The summed E-state index contributed by atoms with van der Waals surface area (Å²) in [7, 11) is 0. The fourth-order valence-electron chi connectivity index (χ4n) is 1.23. The maximum atomic E-state index is 10.8. The Balaban J connectivity index is 2.32. The molecule has 3 nitrogen and oxygen atoms in total. The highest BCUT2D eigenvalue weighted by Gasteiger charge is 2.28. The van der Waals surface area contributed by atoms with Gasteiger partial charge in [0.05, 0.1) is 6.42 Å². The Hall–Kier alpha value is -1.38. The van der Waals surface area contributed by atoms with E-state index in [0.717, 1.165) is 5.57 Å². The molecular formula is C8H6O3. The molecule has 0 fully saturated rings. The van der Waals surface area contributed by atoms with Crippen LogP contribution in [0.4, 0.5) is 0 Å². The number of hydrogen-bond donors (Lipinski definition) is 0. The molecule has 0 unspecified atom stereocenters. The first-order valence-corrected chi connectivity index (χ1v) is 3.39. The van der Waals surface area contributed by atoms with Crippen molar-refractivity contribution >= 4 is 11.8 Å². The molecule has 2 aliphatic rings. The van der Waals surface area contributed by atoms with Crippen LogP contribution in [0.5, 0.6) is 0 Å². The number of fused-ring (bicyclic) bond motifs is 1. The van der Waals surface area contributed by atoms with Crippen LogP contribution in [-0.4, -0.2) is 17.9 Å². The first-order valence-electron chi connectivity index (χ1n) is 3.39. The molecule has 0 spiro atoms. The molecule has 0 radical (unpaired) electrons. The van der Waals surface area contributed by atoms with E-state index in [1.807, 2.05) is 0 Å². The summed E-state index contributed by atoms with van der Waals surface area (Å²) >= 11 is 0. The number of ketones is 1. The molecule has 1 aliphatic carbocycles. The van der Waals surface area contributed by atoms with Gasteiger partial charge in [-0.2, -0.15) is 0 Å². The molecular weight excluding hydrogens is 144 g/mol. The van der Waals surface area contributed by atoms with Crippen LogP contribution in [-0.2, 0) is 14.3 Å². The van der Waals surface area contributed by atoms with Gasteiger partial charge in [-0.15, -0.1) is 0 Å². The monoisotopic (exact) mass is 150 g/mol. The van der Waals surface area contributed by atoms with E-state index in [0.29, 0.717) is 6.42 Å². The molecule has 1 aliphatic heterocycles. The summed E-state index contributed by atoms with van der Waals surface area (Å²) in [6, 6.07) is 0. The van der Waals surface area contributed by atoms with Crippen LogP contribution in [0.25, 0.3) is 0 Å². The average molecular weight is 150 g/mol. The molecule has 0 N–H and O–H groups in total. The topological polar surface area (TPSA) is 43.4 Å². The summed E-state index contributed by atoms with van der Waals surface area (Å²) in [6.45, 7) is 0. The van der Waals surface area contributed by atoms with E-state index in [1.54, 1.807) is 6.08 Å². The third-order valence-electron chi connectivity index (χ3n) is 1.76. The van der Waals surface area contributed by atoms with E-state index in [1.165, 1.54) is 12.2 Å². The van der Waals surface area contributed by atoms with Crippen molar-refractivity contribution in [3.05, 3.63) is 23.8 Å². The third-order valence-corrected chi connectivity index (χ3v) is 1.76. The number of esters is 1. The maximum Gasteiger partial charge on any atom is 0.331 e. The van der Waals surface area contributed by atoms with Gasteiger partial charge in [-0.1, -0.05) is 6.08 Å². The van der Waals surface area contributed by atoms with Crippen LogP contribution >= 0.6 is 0 Å². The highest BCUT2D eigenvalue weighted by molar-refractivity contribution is 5.96. The van der Waals surface area contributed by atoms with Gasteiger partial charge in [0.15, 0.2) is 5.78 Å². The largest absolute Gasteiger partial charge is 0.454 e. The summed E-state index contributed by atoms with van der Waals surface area (Å²) in [5.41, 5.74) is 0.814. The predicted molar refractivity (Wildman–Crippen MR) is 36.7 cm³/mol. The predicted octanol–water partition coefficient (Wildman–Crippen LogP) is 0.367. The second-order valence-corrected chi connectivity index (χ2v) is 2.57. The zero-order valence-corrected chi connectivity index (χ0v) is 5.74. The number of hydrogen-bond acceptors (Lipinski definition) is 3. The Morgan fingerprint density at radius 3 is 3.00 bits per heavy atom. The first-order chi connectivity index (χ1) is 5.25. The molecule has 0 saturated heterocycles. The maximum absolute atomic E-state index is 10.8. The van der Waals surface area contributed by atoms with Gasteiger partial charge in [0.25, 0.3) is 0 Å². The SMILES string of the molecule is O=C1C=CC2=CC(=O)O[C@@H]2C1. The van der Waals surface area contributed by atoms with Gasteiger partial charge in [-0.25, -0.2) is 4.79 Å². The van der Waals surface area contributed by atoms with Gasteiger partial charge in [-0.05, 0) is 6.08 Å². The van der Waals surface area contributed by atoms with E-state index in [4.69, 9.17) is 4.74 Å². The second-order valence-electron chi connectivity index (χ2n) is 2.57. The van der Waals surface area contributed by atoms with Crippen molar-refractivity contribution in [1.29, 1.82) is 0 Å². The van der Waals surface area contributed by atoms with E-state index in [-0.39, 0.29) is 17.9 Å². The Labute approximate surface area is 63.3 Å². The summed E-state index contributed by atoms with van der Waals surface area (Å²) in [4.78, 5) is 21.5. The van der Waals surface area contributed by atoms with Crippen LogP contribution < -0.4 is 0 Å². The highest BCUT2D eigenvalue weighted by atomic mass is 16.5. The normalized spacial score (nSPS) is 28.0. The van der Waals surface area contributed by atoms with Crippen LogP contribution in [0.3, 0.4) is 0 Å². The molecule has 0 amide bonds. The highest BCUT2D eigenvalue weighted by Crippen LogP contribution is 2.23. The number of carbonyl (C=O) groups is 2. The zero-order valence-electron chi connectivity index (χ0n) is 5.74. The molecule has 0 aromatic heterocycles. The summed E-state index contributed by atoms with van der Waals surface area (Å²) in [5, 5.41) is 0. The van der Waals surface area contributed by atoms with Crippen LogP contribution in [0.1, 0.15) is 6.42 Å². The fourth-order valence-corrected chi connectivity index (χ4v) is 1.23. The summed E-state index contributed by atoms with van der Waals surface area (Å²) in [5.74, 6) is -0.328. The van der Waals surface area contributed by atoms with Gasteiger partial charge in [-0.3, -0.25) is 4.79 Å². The molecule has 56 valence electrons. The van der Waals surface area contributed by atoms with Crippen molar-refractivity contribution in [3.8, 4) is 0 Å². The van der Waals surface area contributed by atoms with E-state index < -0.39 is 0 Å². The smallest absolute Gasteiger partial charge is 0.331 e. The molecule has 3 heteroatoms. The van der Waals surface area contributed by atoms with Crippen LogP contribution in [0.15, 0.2) is 23.8 Å². The molecule has 11 heavy (non-hydrogen) atoms. The van der Waals surface area contributed by atoms with Crippen molar-refractivity contribution in [1.82, 2.24) is 0 Å². The minimum Gasteiger partial charge on any atom is -0.454 e. The zero-order chi connectivity index (χ0) is 7.84. The van der Waals surface area contributed by atoms with Gasteiger partial charge >= 0.3 is 5.97 Å². The quantitative estimate of drug-likeness (QED) is 0.468. The van der Waals surface area contributed by atoms with Crippen molar-refractivity contribution in [2.24, 2.45) is 0 Å². The molecule has 0 saturated carbocycles. The lowest BCUT2D eigenvalue weighted by Crippen LogP contribution is -2.18. The Morgan fingerprint density at radius 2 is 2.18 bits per heavy atom. The Bertz CT molecular complexity index is 284. The fraction of sp³-hybridized carbons (Fsp3) is 0.250. The second kappa shape index (κ2) is 2.05. The lowest BCUT2D eigenvalue weighted by Gasteiger charge is -2.12. The molecule has 0 aromatic carbocycles. The number of allylic oxidation sites excluding steroid dienone is 1. The van der Waals surface area contributed by atoms with Crippen LogP contribution in [0.2, 0.25) is 0 Å². The third kappa shape index (κ3) is 0.981. The van der Waals surface area contributed by atoms with Gasteiger partial charge < -0.3 is 4.74 Å². The summed E-state index contributed by atoms with van der Waals surface area (Å²) < 4.78 is 4.83. The average Bonchev–Trinajstić information content (AvgIpc) is 2.27. The molecule has 0 bridgehead atoms. The lowest BCUT2D eigenvalue weighted by molar-refractivity contribution is -0.139. The minimum atomic E-state index is -0.343. The van der Waals surface area contributed by atoms with Crippen molar-refractivity contribution in [3.63, 3.8) is 0 Å². The van der Waals surface area contributed by atoms with Gasteiger partial charge in [0.1, 0.15) is 6.10 Å². The Kier molecular flexibility index (Phi) is 1.18.